The molecule has 0 bridgehead atoms. The minimum atomic E-state index is -4.89. The van der Waals surface area contributed by atoms with Gasteiger partial charge in [-0.2, -0.15) is 13.2 Å². The lowest BCUT2D eigenvalue weighted by atomic mass is 10.0. The molecule has 34 heavy (non-hydrogen) atoms. The van der Waals surface area contributed by atoms with E-state index in [9.17, 15) is 27.9 Å². The zero-order chi connectivity index (χ0) is 24.6. The van der Waals surface area contributed by atoms with Gasteiger partial charge in [0.1, 0.15) is 19.3 Å². The normalized spacial score (nSPS) is 17.8. The zero-order valence-corrected chi connectivity index (χ0v) is 19.0. The van der Waals surface area contributed by atoms with Crippen LogP contribution in [0.5, 0.6) is 11.5 Å². The van der Waals surface area contributed by atoms with Crippen LogP contribution in [0.4, 0.5) is 13.2 Å². The Morgan fingerprint density at radius 1 is 1.06 bits per heavy atom. The molecule has 11 heteroatoms. The van der Waals surface area contributed by atoms with Crippen molar-refractivity contribution in [2.75, 3.05) is 39.4 Å². The van der Waals surface area contributed by atoms with Crippen LogP contribution in [-0.4, -0.2) is 73.4 Å². The maximum absolute atomic E-state index is 12.6. The molecule has 2 amide bonds. The first kappa shape index (κ1) is 26.1. The van der Waals surface area contributed by atoms with Crippen molar-refractivity contribution in [1.82, 2.24) is 15.5 Å². The van der Waals surface area contributed by atoms with Crippen LogP contribution in [0.2, 0.25) is 0 Å². The number of likely N-dealkylation sites (tertiary alicyclic amines) is 1. The summed E-state index contributed by atoms with van der Waals surface area (Å²) in [5.41, 5.74) is 0.620. The first-order chi connectivity index (χ1) is 16.2. The molecule has 3 rings (SSSR count). The van der Waals surface area contributed by atoms with Gasteiger partial charge in [0, 0.05) is 19.5 Å². The van der Waals surface area contributed by atoms with Crippen molar-refractivity contribution in [3.8, 4) is 11.5 Å². The Kier molecular flexibility index (Phi) is 9.40. The summed E-state index contributed by atoms with van der Waals surface area (Å²) in [5.74, 6) is -1.01. The van der Waals surface area contributed by atoms with E-state index in [1.165, 1.54) is 0 Å². The second-order valence-corrected chi connectivity index (χ2v) is 8.59. The molecule has 190 valence electrons. The number of alkyl halides is 3. The van der Waals surface area contributed by atoms with Crippen molar-refractivity contribution >= 4 is 11.8 Å². The number of halogens is 3. The number of amides is 2. The lowest BCUT2D eigenvalue weighted by molar-refractivity contribution is -0.173. The second-order valence-electron chi connectivity index (χ2n) is 8.59. The summed E-state index contributed by atoms with van der Waals surface area (Å²) in [7, 11) is 0. The number of hydrogen-bond donors (Lipinski definition) is 3. The van der Waals surface area contributed by atoms with Crippen molar-refractivity contribution in [1.29, 1.82) is 0 Å². The predicted octanol–water partition coefficient (Wildman–Crippen LogP) is 2.31. The second kappa shape index (κ2) is 12.3. The van der Waals surface area contributed by atoms with Crippen LogP contribution in [0, 0.1) is 0 Å². The van der Waals surface area contributed by atoms with Crippen molar-refractivity contribution < 1.29 is 37.3 Å². The highest BCUT2D eigenvalue weighted by Crippen LogP contribution is 2.33. The summed E-state index contributed by atoms with van der Waals surface area (Å²) >= 11 is 0. The average Bonchev–Trinajstić information content (AvgIpc) is 3.32. The molecule has 2 aliphatic rings. The van der Waals surface area contributed by atoms with Gasteiger partial charge in [-0.25, -0.2) is 0 Å². The zero-order valence-electron chi connectivity index (χ0n) is 19.0. The molecule has 2 aliphatic heterocycles. The third-order valence-corrected chi connectivity index (χ3v) is 5.91. The van der Waals surface area contributed by atoms with Crippen LogP contribution < -0.4 is 20.1 Å². The number of nitrogens with zero attached hydrogens (tertiary/aromatic N) is 1. The maximum Gasteiger partial charge on any atom is 0.471 e. The number of ether oxygens (including phenoxy) is 2. The van der Waals surface area contributed by atoms with Gasteiger partial charge in [-0.15, -0.1) is 0 Å². The summed E-state index contributed by atoms with van der Waals surface area (Å²) in [6.45, 7) is 3.12. The van der Waals surface area contributed by atoms with E-state index in [0.29, 0.717) is 56.1 Å². The summed E-state index contributed by atoms with van der Waals surface area (Å²) in [4.78, 5) is 25.6. The fourth-order valence-corrected chi connectivity index (χ4v) is 4.11. The van der Waals surface area contributed by atoms with Crippen LogP contribution in [0.25, 0.3) is 0 Å². The van der Waals surface area contributed by atoms with Crippen molar-refractivity contribution in [3.05, 3.63) is 23.8 Å². The third-order valence-electron chi connectivity index (χ3n) is 5.91. The summed E-state index contributed by atoms with van der Waals surface area (Å²) in [5, 5.41) is 15.8. The predicted molar refractivity (Wildman–Crippen MR) is 118 cm³/mol. The molecule has 8 nitrogen and oxygen atoms in total. The van der Waals surface area contributed by atoms with Crippen molar-refractivity contribution in [2.45, 2.75) is 56.8 Å². The van der Waals surface area contributed by atoms with Gasteiger partial charge in [0.05, 0.1) is 6.04 Å². The number of unbranched alkanes of at least 4 members (excludes halogenated alkanes) is 2. The lowest BCUT2D eigenvalue weighted by Gasteiger charge is -2.29. The SMILES string of the molecule is O=C(CCCCCNC(=O)C(F)(F)F)N[C@H](CN1CCCC1)[C@H](O)c1ccc2c(c1)OCCO2. The Morgan fingerprint density at radius 3 is 2.47 bits per heavy atom. The molecule has 0 saturated carbocycles. The summed E-state index contributed by atoms with van der Waals surface area (Å²) < 4.78 is 47.6. The van der Waals surface area contributed by atoms with Gasteiger partial charge in [-0.05, 0) is 56.5 Å². The molecule has 0 aromatic heterocycles. The molecular weight excluding hydrogens is 455 g/mol. The molecule has 1 saturated heterocycles. The van der Waals surface area contributed by atoms with Crippen LogP contribution in [-0.2, 0) is 9.59 Å². The Bertz CT molecular complexity index is 831. The first-order valence-corrected chi connectivity index (χ1v) is 11.7. The molecule has 1 aromatic carbocycles. The number of hydrogen-bond acceptors (Lipinski definition) is 6. The molecule has 0 aliphatic carbocycles. The van der Waals surface area contributed by atoms with Gasteiger partial charge in [-0.3, -0.25) is 9.59 Å². The number of rotatable bonds is 11. The van der Waals surface area contributed by atoms with E-state index in [1.54, 1.807) is 18.2 Å². The van der Waals surface area contributed by atoms with Gasteiger partial charge in [0.15, 0.2) is 11.5 Å². The maximum atomic E-state index is 12.6. The van der Waals surface area contributed by atoms with Gasteiger partial charge in [0.25, 0.3) is 0 Å². The van der Waals surface area contributed by atoms with Crippen LogP contribution >= 0.6 is 0 Å². The van der Waals surface area contributed by atoms with E-state index in [-0.39, 0.29) is 18.9 Å². The molecule has 1 fully saturated rings. The minimum Gasteiger partial charge on any atom is -0.486 e. The molecule has 2 atom stereocenters. The van der Waals surface area contributed by atoms with Crippen LogP contribution in [0.15, 0.2) is 18.2 Å². The average molecular weight is 488 g/mol. The van der Waals surface area contributed by atoms with E-state index in [4.69, 9.17) is 9.47 Å². The number of aliphatic hydroxyl groups excluding tert-OH is 1. The minimum absolute atomic E-state index is 0.0968. The Labute approximate surface area is 196 Å². The highest BCUT2D eigenvalue weighted by atomic mass is 19.4. The Morgan fingerprint density at radius 2 is 1.76 bits per heavy atom. The number of carbonyl (C=O) groups is 2. The van der Waals surface area contributed by atoms with Gasteiger partial charge in [0.2, 0.25) is 5.91 Å². The third kappa shape index (κ3) is 7.76. The van der Waals surface area contributed by atoms with Gasteiger partial charge in [-0.1, -0.05) is 12.5 Å². The largest absolute Gasteiger partial charge is 0.486 e. The van der Waals surface area contributed by atoms with E-state index in [2.05, 4.69) is 10.2 Å². The molecule has 0 radical (unpaired) electrons. The van der Waals surface area contributed by atoms with Crippen LogP contribution in [0.3, 0.4) is 0 Å². The molecule has 3 N–H and O–H groups in total. The lowest BCUT2D eigenvalue weighted by Crippen LogP contribution is -2.46. The quantitative estimate of drug-likeness (QED) is 0.415. The van der Waals surface area contributed by atoms with Crippen molar-refractivity contribution in [3.63, 3.8) is 0 Å². The molecule has 0 spiro atoms. The van der Waals surface area contributed by atoms with E-state index < -0.39 is 24.2 Å². The highest BCUT2D eigenvalue weighted by Gasteiger charge is 2.38. The molecule has 1 aromatic rings. The van der Waals surface area contributed by atoms with E-state index in [0.717, 1.165) is 25.9 Å². The Balaban J connectivity index is 1.49. The van der Waals surface area contributed by atoms with E-state index >= 15 is 0 Å². The molecule has 0 unspecified atom stereocenters. The highest BCUT2D eigenvalue weighted by molar-refractivity contribution is 5.81. The first-order valence-electron chi connectivity index (χ1n) is 11.7. The fourth-order valence-electron chi connectivity index (χ4n) is 4.11. The van der Waals surface area contributed by atoms with Gasteiger partial charge >= 0.3 is 12.1 Å². The number of aliphatic hydroxyl groups is 1. The number of benzene rings is 1. The standard InChI is InChI=1S/C23H32F3N3O5/c24-23(25,26)22(32)27-9-3-1-2-6-20(30)28-17(15-29-10-4-5-11-29)21(31)16-7-8-18-19(14-16)34-13-12-33-18/h7-8,14,17,21,31H,1-6,9-13,15H2,(H,27,32)(H,28,30)/t17-,21-/m1/s1. The Hall–Kier alpha value is -2.53. The molecular formula is C23H32F3N3O5. The smallest absolute Gasteiger partial charge is 0.471 e. The fraction of sp³-hybridized carbons (Fsp3) is 0.652. The summed E-state index contributed by atoms with van der Waals surface area (Å²) in [6, 6.07) is 4.72. The van der Waals surface area contributed by atoms with Crippen LogP contribution in [0.1, 0.15) is 50.2 Å². The number of nitrogens with one attached hydrogen (secondary N) is 2. The summed E-state index contributed by atoms with van der Waals surface area (Å²) in [6.07, 6.45) is -2.21. The number of carbonyl (C=O) groups excluding carboxylic acids is 2. The number of fused-ring (bicyclic) bond motifs is 1. The topological polar surface area (TPSA) is 100 Å². The van der Waals surface area contributed by atoms with Gasteiger partial charge < -0.3 is 30.1 Å². The van der Waals surface area contributed by atoms with E-state index in [1.807, 2.05) is 5.32 Å². The monoisotopic (exact) mass is 487 g/mol. The molecule has 2 heterocycles. The van der Waals surface area contributed by atoms with Crippen molar-refractivity contribution in [2.24, 2.45) is 0 Å².